The highest BCUT2D eigenvalue weighted by molar-refractivity contribution is 6.07. The molecule has 0 unspecified atom stereocenters. The number of benzene rings is 2. The van der Waals surface area contributed by atoms with Gasteiger partial charge in [0.05, 0.1) is 31.7 Å². The van der Waals surface area contributed by atoms with E-state index in [2.05, 4.69) is 29.2 Å². The predicted octanol–water partition coefficient (Wildman–Crippen LogP) is 2.17. The number of carbonyl (C=O) groups is 2. The van der Waals surface area contributed by atoms with Gasteiger partial charge in [0.15, 0.2) is 0 Å². The van der Waals surface area contributed by atoms with Crippen molar-refractivity contribution in [1.82, 2.24) is 9.80 Å². The molecule has 2 atom stereocenters. The fourth-order valence-corrected chi connectivity index (χ4v) is 5.82. The highest BCUT2D eigenvalue weighted by Crippen LogP contribution is 2.60. The van der Waals surface area contributed by atoms with E-state index in [0.717, 1.165) is 13.1 Å². The number of rotatable bonds is 2. The molecule has 0 spiro atoms. The first kappa shape index (κ1) is 16.5. The first-order valence-electron chi connectivity index (χ1n) is 10.1. The molecule has 2 bridgehead atoms. The van der Waals surface area contributed by atoms with E-state index in [1.54, 1.807) is 0 Å². The third-order valence-electron chi connectivity index (χ3n) is 6.98. The Bertz CT molecular complexity index is 866. The average molecular weight is 374 g/mol. The van der Waals surface area contributed by atoms with Gasteiger partial charge in [-0.2, -0.15) is 0 Å². The second kappa shape index (κ2) is 6.00. The maximum Gasteiger partial charge on any atom is 0.235 e. The Balaban J connectivity index is 1.45. The van der Waals surface area contributed by atoms with E-state index in [9.17, 15) is 9.59 Å². The zero-order chi connectivity index (χ0) is 18.8. The Morgan fingerprint density at radius 1 is 0.750 bits per heavy atom. The van der Waals surface area contributed by atoms with E-state index in [4.69, 9.17) is 4.74 Å². The number of carbonyl (C=O) groups excluding carboxylic acids is 2. The van der Waals surface area contributed by atoms with E-state index in [1.165, 1.54) is 27.2 Å². The molecule has 5 aliphatic rings. The Labute approximate surface area is 163 Å². The predicted molar refractivity (Wildman–Crippen MR) is 103 cm³/mol. The van der Waals surface area contributed by atoms with Crippen molar-refractivity contribution in [2.24, 2.45) is 11.8 Å². The van der Waals surface area contributed by atoms with Crippen molar-refractivity contribution in [2.45, 2.75) is 11.8 Å². The molecule has 0 aromatic heterocycles. The topological polar surface area (TPSA) is 49.9 Å². The molecule has 2 heterocycles. The lowest BCUT2D eigenvalue weighted by Gasteiger charge is -2.45. The Kier molecular flexibility index (Phi) is 3.52. The fraction of sp³-hybridized carbons (Fsp3) is 0.391. The maximum absolute atomic E-state index is 13.5. The van der Waals surface area contributed by atoms with E-state index < -0.39 is 0 Å². The van der Waals surface area contributed by atoms with Crippen LogP contribution in [-0.2, 0) is 14.3 Å². The second-order valence-electron chi connectivity index (χ2n) is 8.24. The van der Waals surface area contributed by atoms with Crippen LogP contribution in [0.25, 0.3) is 0 Å². The molecule has 0 radical (unpaired) electrons. The first-order chi connectivity index (χ1) is 13.8. The van der Waals surface area contributed by atoms with Crippen molar-refractivity contribution in [2.75, 3.05) is 33.0 Å². The summed E-state index contributed by atoms with van der Waals surface area (Å²) in [7, 11) is 0. The average Bonchev–Trinajstić information content (AvgIpc) is 3.00. The van der Waals surface area contributed by atoms with E-state index in [0.29, 0.717) is 19.9 Å². The minimum absolute atomic E-state index is 0.000461. The molecule has 2 aliphatic heterocycles. The highest BCUT2D eigenvalue weighted by Gasteiger charge is 2.61. The number of imide groups is 1. The zero-order valence-corrected chi connectivity index (χ0v) is 15.6. The summed E-state index contributed by atoms with van der Waals surface area (Å²) in [5.74, 6) is -0.588. The van der Waals surface area contributed by atoms with Crippen LogP contribution < -0.4 is 0 Å². The normalized spacial score (nSPS) is 30.9. The lowest BCUT2D eigenvalue weighted by Crippen LogP contribution is -2.46. The van der Waals surface area contributed by atoms with Gasteiger partial charge in [-0.25, -0.2) is 0 Å². The van der Waals surface area contributed by atoms with Gasteiger partial charge < -0.3 is 4.74 Å². The lowest BCUT2D eigenvalue weighted by atomic mass is 9.55. The summed E-state index contributed by atoms with van der Waals surface area (Å²) < 4.78 is 5.41. The van der Waals surface area contributed by atoms with Crippen LogP contribution in [-0.4, -0.2) is 54.6 Å². The summed E-state index contributed by atoms with van der Waals surface area (Å²) in [4.78, 5) is 30.6. The molecule has 3 aliphatic carbocycles. The van der Waals surface area contributed by atoms with Crippen molar-refractivity contribution in [3.05, 3.63) is 70.8 Å². The molecule has 5 nitrogen and oxygen atoms in total. The highest BCUT2D eigenvalue weighted by atomic mass is 16.5. The fourth-order valence-electron chi connectivity index (χ4n) is 5.82. The van der Waals surface area contributed by atoms with Gasteiger partial charge in [0.2, 0.25) is 11.8 Å². The number of morpholine rings is 1. The minimum Gasteiger partial charge on any atom is -0.379 e. The summed E-state index contributed by atoms with van der Waals surface area (Å²) in [5.41, 5.74) is 4.90. The largest absolute Gasteiger partial charge is 0.379 e. The smallest absolute Gasteiger partial charge is 0.235 e. The number of nitrogens with zero attached hydrogens (tertiary/aromatic N) is 2. The van der Waals surface area contributed by atoms with E-state index in [1.807, 2.05) is 24.3 Å². The number of hydrogen-bond acceptors (Lipinski definition) is 4. The number of likely N-dealkylation sites (tertiary alicyclic amines) is 1. The van der Waals surface area contributed by atoms with E-state index in [-0.39, 0.29) is 35.5 Å². The molecule has 2 saturated heterocycles. The van der Waals surface area contributed by atoms with Crippen LogP contribution in [0.2, 0.25) is 0 Å². The van der Waals surface area contributed by atoms with Gasteiger partial charge in [0.25, 0.3) is 0 Å². The molecular weight excluding hydrogens is 352 g/mol. The van der Waals surface area contributed by atoms with Crippen molar-refractivity contribution in [3.63, 3.8) is 0 Å². The van der Waals surface area contributed by atoms with Gasteiger partial charge in [-0.15, -0.1) is 0 Å². The maximum atomic E-state index is 13.5. The van der Waals surface area contributed by atoms with Gasteiger partial charge in [-0.3, -0.25) is 19.4 Å². The van der Waals surface area contributed by atoms with Crippen LogP contribution in [0.3, 0.4) is 0 Å². The van der Waals surface area contributed by atoms with Crippen LogP contribution in [0.1, 0.15) is 34.1 Å². The quantitative estimate of drug-likeness (QED) is 0.756. The third kappa shape index (κ3) is 2.09. The van der Waals surface area contributed by atoms with Crippen LogP contribution >= 0.6 is 0 Å². The monoisotopic (exact) mass is 374 g/mol. The van der Waals surface area contributed by atoms with Crippen molar-refractivity contribution >= 4 is 11.8 Å². The van der Waals surface area contributed by atoms with Crippen LogP contribution in [0.15, 0.2) is 48.5 Å². The molecule has 2 amide bonds. The van der Waals surface area contributed by atoms with E-state index >= 15 is 0 Å². The van der Waals surface area contributed by atoms with Gasteiger partial charge in [-0.05, 0) is 22.3 Å². The van der Waals surface area contributed by atoms with Crippen LogP contribution in [0.4, 0.5) is 0 Å². The summed E-state index contributed by atoms with van der Waals surface area (Å²) in [6.45, 7) is 3.23. The minimum atomic E-state index is -0.275. The summed E-state index contributed by atoms with van der Waals surface area (Å²) in [5, 5.41) is 0. The number of amides is 2. The summed E-state index contributed by atoms with van der Waals surface area (Å²) >= 11 is 0. The molecule has 2 aromatic rings. The van der Waals surface area contributed by atoms with Gasteiger partial charge in [-0.1, -0.05) is 48.5 Å². The molecule has 7 rings (SSSR count). The van der Waals surface area contributed by atoms with Crippen molar-refractivity contribution in [1.29, 1.82) is 0 Å². The Morgan fingerprint density at radius 2 is 1.18 bits per heavy atom. The second-order valence-corrected chi connectivity index (χ2v) is 8.24. The molecule has 2 aromatic carbocycles. The Hall–Kier alpha value is -2.50. The summed E-state index contributed by atoms with van der Waals surface area (Å²) in [6.07, 6.45) is 0. The lowest BCUT2D eigenvalue weighted by molar-refractivity contribution is -0.143. The molecular formula is C23H22N2O3. The molecule has 2 fully saturated rings. The van der Waals surface area contributed by atoms with Crippen molar-refractivity contribution < 1.29 is 14.3 Å². The molecule has 0 N–H and O–H groups in total. The molecule has 0 saturated carbocycles. The molecule has 28 heavy (non-hydrogen) atoms. The molecule has 5 heteroatoms. The van der Waals surface area contributed by atoms with Gasteiger partial charge in [0, 0.05) is 24.9 Å². The van der Waals surface area contributed by atoms with Crippen LogP contribution in [0, 0.1) is 11.8 Å². The zero-order valence-electron chi connectivity index (χ0n) is 15.6. The number of ether oxygens (including phenoxy) is 1. The SMILES string of the molecule is O=C1[C@H]2C3c4ccccc4C(c4ccccc43)[C@@H]2C(=O)N1CN1CCOCC1. The first-order valence-corrected chi connectivity index (χ1v) is 10.1. The van der Waals surface area contributed by atoms with Gasteiger partial charge >= 0.3 is 0 Å². The van der Waals surface area contributed by atoms with Gasteiger partial charge in [0.1, 0.15) is 0 Å². The standard InChI is InChI=1S/C23H22N2O3/c26-22-20-18-14-5-1-2-6-15(14)19(17-8-4-3-7-16(17)18)21(20)23(27)25(22)13-24-9-11-28-12-10-24/h1-8,18-21H,9-13H2/t18?,19?,20-,21-/m0/s1. The number of hydrogen-bond donors (Lipinski definition) is 0. The molecule has 142 valence electrons. The van der Waals surface area contributed by atoms with Crippen LogP contribution in [0.5, 0.6) is 0 Å². The Morgan fingerprint density at radius 3 is 1.61 bits per heavy atom. The summed E-state index contributed by atoms with van der Waals surface area (Å²) in [6, 6.07) is 16.7. The third-order valence-corrected chi connectivity index (χ3v) is 6.98. The van der Waals surface area contributed by atoms with Crippen molar-refractivity contribution in [3.8, 4) is 0 Å².